The van der Waals surface area contributed by atoms with Gasteiger partial charge in [-0.1, -0.05) is 17.4 Å². The molecule has 2 aromatic rings. The molecule has 82 valence electrons. The number of hydrogen-bond acceptors (Lipinski definition) is 5. The predicted molar refractivity (Wildman–Crippen MR) is 62.9 cm³/mol. The lowest BCUT2D eigenvalue weighted by molar-refractivity contribution is 0.100. The zero-order valence-electron chi connectivity index (χ0n) is 8.60. The van der Waals surface area contributed by atoms with Crippen LogP contribution >= 0.6 is 11.3 Å². The van der Waals surface area contributed by atoms with Gasteiger partial charge in [-0.2, -0.15) is 0 Å². The number of aryl methyl sites for hydroxylation is 1. The van der Waals surface area contributed by atoms with Gasteiger partial charge in [0.25, 0.3) is 5.91 Å². The molecule has 0 aliphatic carbocycles. The van der Waals surface area contributed by atoms with E-state index < -0.39 is 5.91 Å². The number of thiazole rings is 1. The van der Waals surface area contributed by atoms with Crippen molar-refractivity contribution in [1.29, 1.82) is 0 Å². The van der Waals surface area contributed by atoms with E-state index in [4.69, 9.17) is 5.73 Å². The molecule has 0 aromatic carbocycles. The molecule has 0 atom stereocenters. The van der Waals surface area contributed by atoms with E-state index in [1.165, 1.54) is 17.5 Å². The summed E-state index contributed by atoms with van der Waals surface area (Å²) in [6.07, 6.45) is 1.45. The summed E-state index contributed by atoms with van der Waals surface area (Å²) in [7, 11) is 0. The van der Waals surface area contributed by atoms with Crippen molar-refractivity contribution < 1.29 is 4.79 Å². The van der Waals surface area contributed by atoms with Gasteiger partial charge in [0.15, 0.2) is 5.13 Å². The van der Waals surface area contributed by atoms with E-state index in [0.29, 0.717) is 15.8 Å². The van der Waals surface area contributed by atoms with Crippen LogP contribution in [0.5, 0.6) is 0 Å². The van der Waals surface area contributed by atoms with Crippen LogP contribution in [0.25, 0.3) is 0 Å². The van der Waals surface area contributed by atoms with E-state index in [1.54, 1.807) is 0 Å². The second-order valence-corrected chi connectivity index (χ2v) is 4.21. The summed E-state index contributed by atoms with van der Waals surface area (Å²) >= 11 is 1.20. The average Bonchev–Trinajstić information content (AvgIpc) is 2.66. The maximum Gasteiger partial charge on any atom is 0.260 e. The van der Waals surface area contributed by atoms with Crippen LogP contribution in [0, 0.1) is 6.92 Å². The molecule has 0 fully saturated rings. The second-order valence-electron chi connectivity index (χ2n) is 3.18. The number of carbonyl (C=O) groups is 1. The van der Waals surface area contributed by atoms with Gasteiger partial charge >= 0.3 is 0 Å². The molecule has 1 amide bonds. The third-order valence-electron chi connectivity index (χ3n) is 1.87. The molecule has 0 unspecified atom stereocenters. The molecule has 0 saturated carbocycles. The highest BCUT2D eigenvalue weighted by molar-refractivity contribution is 7.17. The molecule has 0 aliphatic rings. The third-order valence-corrected chi connectivity index (χ3v) is 2.80. The fourth-order valence-corrected chi connectivity index (χ4v) is 1.84. The van der Waals surface area contributed by atoms with Crippen molar-refractivity contribution in [3.63, 3.8) is 0 Å². The Bertz CT molecular complexity index is 523. The Kier molecular flexibility index (Phi) is 2.82. The van der Waals surface area contributed by atoms with Crippen molar-refractivity contribution in [2.45, 2.75) is 6.92 Å². The highest BCUT2D eigenvalue weighted by Crippen LogP contribution is 2.20. The number of hydrogen-bond donors (Lipinski definition) is 2. The minimum atomic E-state index is -0.470. The standard InChI is InChI=1S/C10H10N4OS/c1-6-3-2-4-8(13-6)14-10-12-5-7(16-10)9(11)15/h2-5H,1H3,(H2,11,15)(H,12,13,14). The molecule has 5 nitrogen and oxygen atoms in total. The van der Waals surface area contributed by atoms with Crippen molar-refractivity contribution in [3.05, 3.63) is 35.0 Å². The first kappa shape index (κ1) is 10.6. The van der Waals surface area contributed by atoms with Gasteiger partial charge in [0.1, 0.15) is 10.7 Å². The maximum absolute atomic E-state index is 10.9. The van der Waals surface area contributed by atoms with Crippen LogP contribution in [0.4, 0.5) is 10.9 Å². The van der Waals surface area contributed by atoms with Gasteiger partial charge in [0.05, 0.1) is 6.20 Å². The first-order valence-corrected chi connectivity index (χ1v) is 5.43. The zero-order valence-corrected chi connectivity index (χ0v) is 9.41. The fourth-order valence-electron chi connectivity index (χ4n) is 1.17. The van der Waals surface area contributed by atoms with Crippen LogP contribution in [0.15, 0.2) is 24.4 Å². The van der Waals surface area contributed by atoms with Crippen LogP contribution in [-0.4, -0.2) is 15.9 Å². The van der Waals surface area contributed by atoms with Crippen LogP contribution in [0.3, 0.4) is 0 Å². The van der Waals surface area contributed by atoms with E-state index in [2.05, 4.69) is 15.3 Å². The van der Waals surface area contributed by atoms with Crippen LogP contribution in [0.1, 0.15) is 15.4 Å². The number of nitrogens with zero attached hydrogens (tertiary/aromatic N) is 2. The number of rotatable bonds is 3. The molecular formula is C10H10N4OS. The maximum atomic E-state index is 10.9. The van der Waals surface area contributed by atoms with E-state index in [0.717, 1.165) is 5.69 Å². The van der Waals surface area contributed by atoms with E-state index >= 15 is 0 Å². The van der Waals surface area contributed by atoms with Crippen LogP contribution in [-0.2, 0) is 0 Å². The Hall–Kier alpha value is -1.95. The lowest BCUT2D eigenvalue weighted by Gasteiger charge is -2.01. The normalized spacial score (nSPS) is 10.1. The largest absolute Gasteiger partial charge is 0.365 e. The van der Waals surface area contributed by atoms with Crippen LogP contribution < -0.4 is 11.1 Å². The molecular weight excluding hydrogens is 224 g/mol. The van der Waals surface area contributed by atoms with Crippen molar-refractivity contribution in [1.82, 2.24) is 9.97 Å². The molecule has 0 bridgehead atoms. The number of carbonyl (C=O) groups excluding carboxylic acids is 1. The first-order chi connectivity index (χ1) is 7.65. The highest BCUT2D eigenvalue weighted by Gasteiger charge is 2.06. The monoisotopic (exact) mass is 234 g/mol. The summed E-state index contributed by atoms with van der Waals surface area (Å²) in [6, 6.07) is 5.63. The van der Waals surface area contributed by atoms with E-state index in [-0.39, 0.29) is 0 Å². The van der Waals surface area contributed by atoms with Gasteiger partial charge < -0.3 is 11.1 Å². The van der Waals surface area contributed by atoms with Crippen molar-refractivity contribution >= 4 is 28.2 Å². The summed E-state index contributed by atoms with van der Waals surface area (Å²) < 4.78 is 0. The van der Waals surface area contributed by atoms with Gasteiger partial charge in [-0.05, 0) is 19.1 Å². The van der Waals surface area contributed by atoms with Gasteiger partial charge in [0.2, 0.25) is 0 Å². The van der Waals surface area contributed by atoms with Crippen molar-refractivity contribution in [2.24, 2.45) is 5.73 Å². The third kappa shape index (κ3) is 2.34. The molecule has 0 aliphatic heterocycles. The van der Waals surface area contributed by atoms with Gasteiger partial charge in [-0.3, -0.25) is 4.79 Å². The highest BCUT2D eigenvalue weighted by atomic mass is 32.1. The van der Waals surface area contributed by atoms with E-state index in [9.17, 15) is 4.79 Å². The lowest BCUT2D eigenvalue weighted by atomic mass is 10.4. The summed E-state index contributed by atoms with van der Waals surface area (Å²) in [4.78, 5) is 19.6. The van der Waals surface area contributed by atoms with Gasteiger partial charge in [-0.15, -0.1) is 0 Å². The molecule has 0 saturated heterocycles. The topological polar surface area (TPSA) is 80.9 Å². The Morgan fingerprint density at radius 2 is 2.31 bits per heavy atom. The quantitative estimate of drug-likeness (QED) is 0.846. The summed E-state index contributed by atoms with van der Waals surface area (Å²) in [5, 5.41) is 3.61. The Morgan fingerprint density at radius 1 is 1.50 bits per heavy atom. The number of nitrogens with one attached hydrogen (secondary N) is 1. The first-order valence-electron chi connectivity index (χ1n) is 4.61. The molecule has 6 heteroatoms. The van der Waals surface area contributed by atoms with Crippen LogP contribution in [0.2, 0.25) is 0 Å². The average molecular weight is 234 g/mol. The molecule has 16 heavy (non-hydrogen) atoms. The van der Waals surface area contributed by atoms with Gasteiger partial charge in [0, 0.05) is 5.69 Å². The summed E-state index contributed by atoms with van der Waals surface area (Å²) in [6.45, 7) is 1.90. The zero-order chi connectivity index (χ0) is 11.5. The second kappa shape index (κ2) is 4.28. The number of aromatic nitrogens is 2. The fraction of sp³-hybridized carbons (Fsp3) is 0.100. The molecule has 2 heterocycles. The minimum Gasteiger partial charge on any atom is -0.365 e. The van der Waals surface area contributed by atoms with Crippen molar-refractivity contribution in [3.8, 4) is 0 Å². The Morgan fingerprint density at radius 3 is 2.94 bits per heavy atom. The molecule has 3 N–H and O–H groups in total. The lowest BCUT2D eigenvalue weighted by Crippen LogP contribution is -2.08. The number of primary amides is 1. The number of nitrogens with two attached hydrogens (primary N) is 1. The predicted octanol–water partition coefficient (Wildman–Crippen LogP) is 1.69. The molecule has 2 aromatic heterocycles. The summed E-state index contributed by atoms with van der Waals surface area (Å²) in [5.41, 5.74) is 6.05. The number of amides is 1. The minimum absolute atomic E-state index is 0.426. The number of pyridine rings is 1. The van der Waals surface area contributed by atoms with Crippen molar-refractivity contribution in [2.75, 3.05) is 5.32 Å². The molecule has 2 rings (SSSR count). The van der Waals surface area contributed by atoms with E-state index in [1.807, 2.05) is 25.1 Å². The SMILES string of the molecule is Cc1cccc(Nc2ncc(C(N)=O)s2)n1. The molecule has 0 spiro atoms. The Labute approximate surface area is 96.3 Å². The van der Waals surface area contributed by atoms with Gasteiger partial charge in [-0.25, -0.2) is 9.97 Å². The smallest absolute Gasteiger partial charge is 0.260 e. The Balaban J connectivity index is 2.17. The molecule has 0 radical (unpaired) electrons. The summed E-state index contributed by atoms with van der Waals surface area (Å²) in [5.74, 6) is 0.230. The number of anilines is 2.